The Morgan fingerprint density at radius 2 is 1.81 bits per heavy atom. The maximum absolute atomic E-state index is 13.6. The highest BCUT2D eigenvalue weighted by molar-refractivity contribution is 5.78. The second-order valence-electron chi connectivity index (χ2n) is 11.1. The molecule has 174 valence electrons. The number of amides is 2. The third-order valence-corrected chi connectivity index (χ3v) is 8.37. The van der Waals surface area contributed by atoms with Crippen LogP contribution in [0.2, 0.25) is 0 Å². The molecule has 1 heterocycles. The SMILES string of the molecule is CN(C)C1(c2ccccc2)CCC2(CC1)CN(CC(C)(C)C#N)C(=O)N2C(O)C1CCC1. The first kappa shape index (κ1) is 23.1. The van der Waals surface area contributed by atoms with Crippen LogP contribution in [-0.2, 0) is 5.54 Å². The van der Waals surface area contributed by atoms with Crippen molar-refractivity contribution >= 4 is 6.03 Å². The summed E-state index contributed by atoms with van der Waals surface area (Å²) in [6, 6.07) is 12.9. The van der Waals surface area contributed by atoms with Gasteiger partial charge in [0.1, 0.15) is 6.23 Å². The van der Waals surface area contributed by atoms with Crippen molar-refractivity contribution in [2.24, 2.45) is 11.3 Å². The van der Waals surface area contributed by atoms with E-state index in [0.29, 0.717) is 13.1 Å². The molecule has 1 aromatic rings. The van der Waals surface area contributed by atoms with E-state index in [4.69, 9.17) is 0 Å². The van der Waals surface area contributed by atoms with Crippen LogP contribution in [0, 0.1) is 22.7 Å². The van der Waals surface area contributed by atoms with E-state index in [1.54, 1.807) is 0 Å². The van der Waals surface area contributed by atoms with E-state index < -0.39 is 11.6 Å². The summed E-state index contributed by atoms with van der Waals surface area (Å²) in [5, 5.41) is 20.8. The first-order valence-electron chi connectivity index (χ1n) is 12.0. The summed E-state index contributed by atoms with van der Waals surface area (Å²) in [7, 11) is 4.29. The Hall–Kier alpha value is -2.10. The molecule has 0 radical (unpaired) electrons. The molecule has 1 saturated heterocycles. The number of benzene rings is 1. The van der Waals surface area contributed by atoms with Crippen LogP contribution in [0.15, 0.2) is 30.3 Å². The van der Waals surface area contributed by atoms with Gasteiger partial charge < -0.3 is 10.0 Å². The van der Waals surface area contributed by atoms with Crippen LogP contribution in [0.5, 0.6) is 0 Å². The molecule has 32 heavy (non-hydrogen) atoms. The molecule has 3 aliphatic rings. The molecule has 4 rings (SSSR count). The van der Waals surface area contributed by atoms with Crippen LogP contribution in [0.4, 0.5) is 4.79 Å². The Balaban J connectivity index is 1.63. The Bertz CT molecular complexity index is 864. The smallest absolute Gasteiger partial charge is 0.322 e. The molecule has 2 amide bonds. The van der Waals surface area contributed by atoms with Gasteiger partial charge in [-0.05, 0) is 72.0 Å². The number of nitriles is 1. The zero-order valence-electron chi connectivity index (χ0n) is 20.0. The van der Waals surface area contributed by atoms with Gasteiger partial charge in [-0.25, -0.2) is 4.79 Å². The van der Waals surface area contributed by atoms with Crippen molar-refractivity contribution in [3.05, 3.63) is 35.9 Å². The van der Waals surface area contributed by atoms with Gasteiger partial charge in [0.25, 0.3) is 0 Å². The molecule has 0 bridgehead atoms. The van der Waals surface area contributed by atoms with Gasteiger partial charge in [-0.3, -0.25) is 9.80 Å². The zero-order chi connectivity index (χ0) is 23.1. The van der Waals surface area contributed by atoms with E-state index in [9.17, 15) is 15.2 Å². The maximum Gasteiger partial charge on any atom is 0.322 e. The average Bonchev–Trinajstić information content (AvgIpc) is 2.98. The summed E-state index contributed by atoms with van der Waals surface area (Å²) in [5.41, 5.74) is 0.270. The Morgan fingerprint density at radius 1 is 1.19 bits per heavy atom. The van der Waals surface area contributed by atoms with Gasteiger partial charge >= 0.3 is 6.03 Å². The molecule has 6 nitrogen and oxygen atoms in total. The van der Waals surface area contributed by atoms with Crippen molar-refractivity contribution in [2.45, 2.75) is 76.1 Å². The first-order chi connectivity index (χ1) is 15.1. The van der Waals surface area contributed by atoms with Crippen molar-refractivity contribution in [3.63, 3.8) is 0 Å². The van der Waals surface area contributed by atoms with Gasteiger partial charge in [-0.1, -0.05) is 36.8 Å². The molecule has 0 aromatic heterocycles. The number of aliphatic hydroxyl groups is 1. The fourth-order valence-electron chi connectivity index (χ4n) is 6.10. The molecule has 1 atom stereocenters. The lowest BCUT2D eigenvalue weighted by Crippen LogP contribution is -2.59. The molecular weight excluding hydrogens is 400 g/mol. The number of hydrogen-bond acceptors (Lipinski definition) is 4. The molecule has 1 aromatic carbocycles. The van der Waals surface area contributed by atoms with Crippen LogP contribution in [0.25, 0.3) is 0 Å². The summed E-state index contributed by atoms with van der Waals surface area (Å²) >= 11 is 0. The molecule has 6 heteroatoms. The number of carbonyl (C=O) groups is 1. The number of carbonyl (C=O) groups excluding carboxylic acids is 1. The average molecular weight is 439 g/mol. The van der Waals surface area contributed by atoms with E-state index in [-0.39, 0.29) is 23.0 Å². The fourth-order valence-corrected chi connectivity index (χ4v) is 6.10. The second kappa shape index (κ2) is 8.35. The van der Waals surface area contributed by atoms with E-state index in [1.807, 2.05) is 23.6 Å². The van der Waals surface area contributed by atoms with Crippen molar-refractivity contribution in [1.29, 1.82) is 5.26 Å². The van der Waals surface area contributed by atoms with E-state index >= 15 is 0 Å². The van der Waals surface area contributed by atoms with Crippen LogP contribution in [0.3, 0.4) is 0 Å². The Kier molecular flexibility index (Phi) is 6.02. The van der Waals surface area contributed by atoms with Gasteiger partial charge in [-0.15, -0.1) is 0 Å². The van der Waals surface area contributed by atoms with Gasteiger partial charge in [0.15, 0.2) is 0 Å². The van der Waals surface area contributed by atoms with Crippen LogP contribution < -0.4 is 0 Å². The van der Waals surface area contributed by atoms with E-state index in [2.05, 4.69) is 55.4 Å². The summed E-state index contributed by atoms with van der Waals surface area (Å²) in [6.07, 6.45) is 5.92. The van der Waals surface area contributed by atoms with E-state index in [0.717, 1.165) is 44.9 Å². The molecule has 2 aliphatic carbocycles. The molecule has 1 unspecified atom stereocenters. The van der Waals surface area contributed by atoms with Crippen LogP contribution in [0.1, 0.15) is 64.4 Å². The molecule has 2 saturated carbocycles. The highest BCUT2D eigenvalue weighted by atomic mass is 16.3. The second-order valence-corrected chi connectivity index (χ2v) is 11.1. The lowest BCUT2D eigenvalue weighted by Gasteiger charge is -2.52. The summed E-state index contributed by atoms with van der Waals surface area (Å²) in [4.78, 5) is 19.6. The highest BCUT2D eigenvalue weighted by Crippen LogP contribution is 2.50. The topological polar surface area (TPSA) is 70.8 Å². The monoisotopic (exact) mass is 438 g/mol. The largest absolute Gasteiger partial charge is 0.373 e. The van der Waals surface area contributed by atoms with Gasteiger partial charge in [0, 0.05) is 24.5 Å². The standard InChI is InChI=1S/C26H38N4O2/c1-24(2,17-27)18-29-19-25(30(23(29)32)22(31)20-9-8-10-20)13-15-26(16-14-25,28(3)4)21-11-6-5-7-12-21/h5-7,11-12,20,22,31H,8-10,13-16,18-19H2,1-4H3. The zero-order valence-corrected chi connectivity index (χ0v) is 20.0. The quantitative estimate of drug-likeness (QED) is 0.724. The number of nitrogens with zero attached hydrogens (tertiary/aromatic N) is 4. The Labute approximate surface area is 192 Å². The number of hydrogen-bond donors (Lipinski definition) is 1. The van der Waals surface area contributed by atoms with E-state index in [1.165, 1.54) is 5.56 Å². The minimum atomic E-state index is -0.727. The highest BCUT2D eigenvalue weighted by Gasteiger charge is 2.57. The molecule has 1 spiro atoms. The maximum atomic E-state index is 13.6. The fraction of sp³-hybridized carbons (Fsp3) is 0.692. The van der Waals surface area contributed by atoms with Crippen LogP contribution >= 0.6 is 0 Å². The van der Waals surface area contributed by atoms with Gasteiger partial charge in [-0.2, -0.15) is 5.26 Å². The third kappa shape index (κ3) is 3.80. The summed E-state index contributed by atoms with van der Waals surface area (Å²) < 4.78 is 0. The van der Waals surface area contributed by atoms with Crippen molar-refractivity contribution in [2.75, 3.05) is 27.2 Å². The number of rotatable bonds is 6. The number of urea groups is 1. The molecular formula is C26H38N4O2. The van der Waals surface area contributed by atoms with Crippen molar-refractivity contribution in [1.82, 2.24) is 14.7 Å². The lowest BCUT2D eigenvalue weighted by atomic mass is 9.67. The first-order valence-corrected chi connectivity index (χ1v) is 12.0. The number of aliphatic hydroxyl groups excluding tert-OH is 1. The Morgan fingerprint density at radius 3 is 2.31 bits per heavy atom. The summed E-state index contributed by atoms with van der Waals surface area (Å²) in [5.74, 6) is 0.175. The predicted molar refractivity (Wildman–Crippen MR) is 125 cm³/mol. The molecule has 3 fully saturated rings. The molecule has 1 aliphatic heterocycles. The lowest BCUT2D eigenvalue weighted by molar-refractivity contribution is -0.0928. The van der Waals surface area contributed by atoms with Crippen molar-refractivity contribution in [3.8, 4) is 6.07 Å². The normalized spacial score (nSPS) is 30.0. The van der Waals surface area contributed by atoms with Gasteiger partial charge in [0.05, 0.1) is 17.0 Å². The molecule has 1 N–H and O–H groups in total. The van der Waals surface area contributed by atoms with Gasteiger partial charge in [0.2, 0.25) is 0 Å². The minimum Gasteiger partial charge on any atom is -0.373 e. The van der Waals surface area contributed by atoms with Crippen molar-refractivity contribution < 1.29 is 9.90 Å². The summed E-state index contributed by atoms with van der Waals surface area (Å²) in [6.45, 7) is 4.76. The predicted octanol–water partition coefficient (Wildman–Crippen LogP) is 4.16. The third-order valence-electron chi connectivity index (χ3n) is 8.37. The minimum absolute atomic E-state index is 0.0675. The van der Waals surface area contributed by atoms with Crippen LogP contribution in [-0.4, -0.2) is 64.8 Å².